The second-order valence-electron chi connectivity index (χ2n) is 1.33. The summed E-state index contributed by atoms with van der Waals surface area (Å²) in [5, 5.41) is 13.6. The van der Waals surface area contributed by atoms with Crippen LogP contribution in [-0.2, 0) is 19.6 Å². The standard InChI is InChI=1S/C3H7N2O3S/c4-2(3(6)7)1-9(5)8/h1-2H,4H2,(H2,5,8)(H,6,7)/q-1/t2-/m0/s1. The largest absolute Gasteiger partial charge is 0.480 e. The van der Waals surface area contributed by atoms with Crippen LogP contribution in [-0.4, -0.2) is 22.5 Å². The molecule has 0 aromatic rings. The first-order valence-electron chi connectivity index (χ1n) is 2.02. The smallest absolute Gasteiger partial charge is 0.322 e. The summed E-state index contributed by atoms with van der Waals surface area (Å²) in [6.45, 7) is 0. The van der Waals surface area contributed by atoms with Gasteiger partial charge < -0.3 is 20.2 Å². The Morgan fingerprint density at radius 3 is 2.33 bits per heavy atom. The number of rotatable bonds is 2. The predicted octanol–water partition coefficient (Wildman–Crippen LogP) is -1.96. The molecule has 0 radical (unpaired) electrons. The zero-order chi connectivity index (χ0) is 7.44. The highest BCUT2D eigenvalue weighted by Crippen LogP contribution is 1.69. The van der Waals surface area contributed by atoms with E-state index >= 15 is 0 Å². The van der Waals surface area contributed by atoms with Gasteiger partial charge in [-0.2, -0.15) is 0 Å². The number of hydrogen-bond donors (Lipinski definition) is 3. The molecule has 0 fully saturated rings. The normalized spacial score (nSPS) is 17.1. The van der Waals surface area contributed by atoms with Crippen LogP contribution in [0.25, 0.3) is 0 Å². The van der Waals surface area contributed by atoms with Crippen molar-refractivity contribution in [3.8, 4) is 0 Å². The van der Waals surface area contributed by atoms with Crippen molar-refractivity contribution in [3.05, 3.63) is 0 Å². The van der Waals surface area contributed by atoms with Gasteiger partial charge in [0.25, 0.3) is 0 Å². The Hall–Kier alpha value is -0.590. The summed E-state index contributed by atoms with van der Waals surface area (Å²) >= 11 is 0. The summed E-state index contributed by atoms with van der Waals surface area (Å²) in [7, 11) is -1.75. The van der Waals surface area contributed by atoms with Crippen molar-refractivity contribution in [2.45, 2.75) is 6.04 Å². The summed E-state index contributed by atoms with van der Waals surface area (Å²) in [6, 6.07) is -1.24. The number of nitrogens with two attached hydrogens (primary N) is 2. The Morgan fingerprint density at radius 2 is 2.22 bits per heavy atom. The first-order chi connectivity index (χ1) is 4.04. The van der Waals surface area contributed by atoms with E-state index in [2.05, 4.69) is 0 Å². The van der Waals surface area contributed by atoms with Gasteiger partial charge in [-0.15, -0.1) is 5.37 Å². The van der Waals surface area contributed by atoms with Gasteiger partial charge in [0.05, 0.1) is 0 Å². The molecule has 0 aromatic heterocycles. The van der Waals surface area contributed by atoms with Crippen molar-refractivity contribution in [1.29, 1.82) is 0 Å². The molecule has 5 N–H and O–H groups in total. The van der Waals surface area contributed by atoms with E-state index in [0.29, 0.717) is 0 Å². The van der Waals surface area contributed by atoms with Crippen LogP contribution in [0.15, 0.2) is 0 Å². The SMILES string of the molecule is N[C@@H](C=[S-](N)=O)C(=O)O. The van der Waals surface area contributed by atoms with Crippen molar-refractivity contribution in [2.75, 3.05) is 0 Å². The molecule has 0 bridgehead atoms. The fourth-order valence-electron chi connectivity index (χ4n) is 0.203. The first-order valence-corrected chi connectivity index (χ1v) is 3.30. The third kappa shape index (κ3) is 3.95. The summed E-state index contributed by atoms with van der Waals surface area (Å²) in [6.07, 6.45) is 0. The van der Waals surface area contributed by atoms with Crippen LogP contribution in [0.3, 0.4) is 0 Å². The van der Waals surface area contributed by atoms with Crippen LogP contribution in [0, 0.1) is 0 Å². The fourth-order valence-corrected chi connectivity index (χ4v) is 0.608. The quantitative estimate of drug-likeness (QED) is 0.314. The molecule has 0 aliphatic carbocycles. The average Bonchev–Trinajstić information content (AvgIpc) is 1.63. The average molecular weight is 151 g/mol. The highest BCUT2D eigenvalue weighted by atomic mass is 32.2. The molecular formula is C3H7N2O3S-. The molecule has 0 unspecified atom stereocenters. The molecular weight excluding hydrogens is 144 g/mol. The molecule has 0 heterocycles. The molecule has 6 heteroatoms. The zero-order valence-corrected chi connectivity index (χ0v) is 5.30. The molecule has 9 heavy (non-hydrogen) atoms. The summed E-state index contributed by atoms with van der Waals surface area (Å²) in [5.41, 5.74) is 4.89. The molecule has 0 aromatic carbocycles. The molecule has 0 rings (SSSR count). The van der Waals surface area contributed by atoms with E-state index < -0.39 is 22.6 Å². The van der Waals surface area contributed by atoms with Gasteiger partial charge in [0.15, 0.2) is 0 Å². The van der Waals surface area contributed by atoms with E-state index in [9.17, 15) is 9.00 Å². The number of aliphatic carboxylic acids is 1. The fraction of sp³-hybridized carbons (Fsp3) is 0.333. The predicted molar refractivity (Wildman–Crippen MR) is 33.9 cm³/mol. The molecule has 1 atom stereocenters. The van der Waals surface area contributed by atoms with Crippen LogP contribution in [0.4, 0.5) is 0 Å². The van der Waals surface area contributed by atoms with Gasteiger partial charge in [0, 0.05) is 0 Å². The van der Waals surface area contributed by atoms with Crippen molar-refractivity contribution in [1.82, 2.24) is 0 Å². The van der Waals surface area contributed by atoms with E-state index in [-0.39, 0.29) is 0 Å². The Labute approximate surface area is 53.8 Å². The Balaban J connectivity index is 4.08. The van der Waals surface area contributed by atoms with E-state index in [1.807, 2.05) is 0 Å². The van der Waals surface area contributed by atoms with E-state index in [0.717, 1.165) is 5.37 Å². The van der Waals surface area contributed by atoms with Crippen molar-refractivity contribution in [3.63, 3.8) is 0 Å². The van der Waals surface area contributed by atoms with E-state index in [4.69, 9.17) is 16.0 Å². The molecule has 0 aliphatic rings. The molecule has 54 valence electrons. The minimum atomic E-state index is -1.75. The van der Waals surface area contributed by atoms with Crippen LogP contribution in [0.2, 0.25) is 0 Å². The molecule has 0 saturated carbocycles. The van der Waals surface area contributed by atoms with E-state index in [1.165, 1.54) is 0 Å². The molecule has 0 aliphatic heterocycles. The minimum Gasteiger partial charge on any atom is -0.480 e. The Morgan fingerprint density at radius 1 is 1.78 bits per heavy atom. The lowest BCUT2D eigenvalue weighted by Gasteiger charge is -2.00. The highest BCUT2D eigenvalue weighted by Gasteiger charge is 2.01. The second kappa shape index (κ2) is 3.44. The summed E-state index contributed by atoms with van der Waals surface area (Å²) < 4.78 is 10.0. The van der Waals surface area contributed by atoms with Gasteiger partial charge in [0.2, 0.25) is 0 Å². The van der Waals surface area contributed by atoms with Crippen molar-refractivity contribution in [2.24, 2.45) is 10.9 Å². The first kappa shape index (κ1) is 8.41. The third-order valence-corrected chi connectivity index (χ3v) is 1.13. The molecule has 5 nitrogen and oxygen atoms in total. The minimum absolute atomic E-state index is 0.836. The lowest BCUT2D eigenvalue weighted by Crippen LogP contribution is -2.32. The van der Waals surface area contributed by atoms with Crippen molar-refractivity contribution >= 4 is 21.9 Å². The maximum Gasteiger partial charge on any atom is 0.322 e. The maximum absolute atomic E-state index is 10.0. The van der Waals surface area contributed by atoms with Crippen LogP contribution in [0.1, 0.15) is 0 Å². The maximum atomic E-state index is 10.0. The van der Waals surface area contributed by atoms with Crippen molar-refractivity contribution < 1.29 is 14.1 Å². The second-order valence-corrected chi connectivity index (χ2v) is 2.26. The number of carboxylic acid groups (broad SMARTS) is 1. The molecule has 0 amide bonds. The third-order valence-electron chi connectivity index (χ3n) is 0.566. The number of carbonyl (C=O) groups is 1. The topological polar surface area (TPSA) is 106 Å². The van der Waals surface area contributed by atoms with Crippen LogP contribution in [0.5, 0.6) is 0 Å². The van der Waals surface area contributed by atoms with Gasteiger partial charge in [-0.25, -0.2) is 10.6 Å². The lowest BCUT2D eigenvalue weighted by atomic mass is 10.4. The number of hydrogen-bond acceptors (Lipinski definition) is 4. The Kier molecular flexibility index (Phi) is 3.21. The van der Waals surface area contributed by atoms with Gasteiger partial charge in [-0.05, 0) is 0 Å². The van der Waals surface area contributed by atoms with Crippen LogP contribution < -0.4 is 10.9 Å². The monoisotopic (exact) mass is 151 g/mol. The van der Waals surface area contributed by atoms with Gasteiger partial charge in [0.1, 0.15) is 6.04 Å². The number of carboxylic acids is 1. The summed E-state index contributed by atoms with van der Waals surface area (Å²) in [4.78, 5) is 9.89. The summed E-state index contributed by atoms with van der Waals surface area (Å²) in [5.74, 6) is -1.24. The zero-order valence-electron chi connectivity index (χ0n) is 4.48. The van der Waals surface area contributed by atoms with Gasteiger partial charge in [-0.3, -0.25) is 4.79 Å². The lowest BCUT2D eigenvalue weighted by molar-refractivity contribution is -0.136. The van der Waals surface area contributed by atoms with E-state index in [1.54, 1.807) is 0 Å². The Bertz CT molecular complexity index is 183. The van der Waals surface area contributed by atoms with Crippen LogP contribution >= 0.6 is 0 Å². The van der Waals surface area contributed by atoms with Gasteiger partial charge in [-0.1, -0.05) is 0 Å². The van der Waals surface area contributed by atoms with Gasteiger partial charge >= 0.3 is 5.97 Å². The molecule has 0 spiro atoms. The highest BCUT2D eigenvalue weighted by molar-refractivity contribution is 7.81. The molecule has 0 saturated heterocycles.